The Morgan fingerprint density at radius 3 is 2.25 bits per heavy atom. The molecule has 0 radical (unpaired) electrons. The molecule has 0 aliphatic heterocycles. The maximum atomic E-state index is 11.0. The Labute approximate surface area is 75.0 Å². The molecule has 0 aromatic heterocycles. The molecule has 0 heterocycles. The van der Waals surface area contributed by atoms with Gasteiger partial charge < -0.3 is 5.32 Å². The number of carbonyl (C=O) groups is 1. The Balaban J connectivity index is 4.13. The van der Waals surface area contributed by atoms with Crippen LogP contribution in [0.5, 0.6) is 0 Å². The molecule has 0 bridgehead atoms. The monoisotopic (exact) mass is 169 g/mol. The van der Waals surface area contributed by atoms with E-state index in [1.807, 2.05) is 13.8 Å². The lowest BCUT2D eigenvalue weighted by Gasteiger charge is -2.11. The van der Waals surface area contributed by atoms with Crippen molar-refractivity contribution in [1.82, 2.24) is 5.32 Å². The van der Waals surface area contributed by atoms with E-state index < -0.39 is 0 Å². The number of hydrogen-bond acceptors (Lipinski definition) is 2. The second kappa shape index (κ2) is 5.81. The molecule has 2 nitrogen and oxygen atoms in total. The zero-order valence-electron chi connectivity index (χ0n) is 8.48. The highest BCUT2D eigenvalue weighted by Crippen LogP contribution is 1.99. The molecule has 0 saturated carbocycles. The maximum absolute atomic E-state index is 11.0. The normalized spacial score (nSPS) is 11.9. The summed E-state index contributed by atoms with van der Waals surface area (Å²) in [7, 11) is 0. The van der Waals surface area contributed by atoms with E-state index in [4.69, 9.17) is 0 Å². The summed E-state index contributed by atoms with van der Waals surface area (Å²) in [5.74, 6) is 0.194. The van der Waals surface area contributed by atoms with Crippen molar-refractivity contribution in [2.75, 3.05) is 0 Å². The second-order valence-corrected chi connectivity index (χ2v) is 3.14. The Morgan fingerprint density at radius 1 is 1.33 bits per heavy atom. The van der Waals surface area contributed by atoms with Gasteiger partial charge in [0.1, 0.15) is 0 Å². The molecule has 0 spiro atoms. The minimum Gasteiger partial charge on any atom is -0.386 e. The quantitative estimate of drug-likeness (QED) is 0.640. The molecular formula is C10H19NO. The van der Waals surface area contributed by atoms with E-state index in [2.05, 4.69) is 19.2 Å². The van der Waals surface area contributed by atoms with Gasteiger partial charge in [-0.05, 0) is 26.3 Å². The van der Waals surface area contributed by atoms with Gasteiger partial charge in [-0.25, -0.2) is 0 Å². The minimum atomic E-state index is 0.194. The smallest absolute Gasteiger partial charge is 0.157 e. The molecule has 2 heteroatoms. The van der Waals surface area contributed by atoms with Crippen molar-refractivity contribution < 1.29 is 4.79 Å². The molecule has 12 heavy (non-hydrogen) atoms. The van der Waals surface area contributed by atoms with Gasteiger partial charge in [0.25, 0.3) is 0 Å². The van der Waals surface area contributed by atoms with Gasteiger partial charge in [0.15, 0.2) is 5.78 Å². The molecule has 0 aliphatic rings. The van der Waals surface area contributed by atoms with Gasteiger partial charge >= 0.3 is 0 Å². The van der Waals surface area contributed by atoms with Gasteiger partial charge in [-0.3, -0.25) is 4.79 Å². The number of allylic oxidation sites excluding steroid dienone is 2. The first kappa shape index (κ1) is 11.2. The number of hydrogen-bond donors (Lipinski definition) is 1. The van der Waals surface area contributed by atoms with Crippen LogP contribution >= 0.6 is 0 Å². The summed E-state index contributed by atoms with van der Waals surface area (Å²) in [6, 6.07) is 0.404. The molecule has 0 aromatic carbocycles. The summed E-state index contributed by atoms with van der Waals surface area (Å²) in [6.07, 6.45) is 3.19. The predicted molar refractivity (Wildman–Crippen MR) is 51.9 cm³/mol. The molecule has 0 amide bonds. The van der Waals surface area contributed by atoms with Crippen LogP contribution in [0.2, 0.25) is 0 Å². The average Bonchev–Trinajstić information content (AvgIpc) is 2.02. The van der Waals surface area contributed by atoms with E-state index in [9.17, 15) is 4.79 Å². The summed E-state index contributed by atoms with van der Waals surface area (Å²) in [5, 5.41) is 3.24. The lowest BCUT2D eigenvalue weighted by atomic mass is 10.2. The maximum Gasteiger partial charge on any atom is 0.157 e. The lowest BCUT2D eigenvalue weighted by molar-refractivity contribution is -0.114. The topological polar surface area (TPSA) is 29.1 Å². The molecule has 0 saturated heterocycles. The molecule has 0 atom stereocenters. The van der Waals surface area contributed by atoms with Crippen molar-refractivity contribution in [2.24, 2.45) is 0 Å². The van der Waals surface area contributed by atoms with Crippen LogP contribution < -0.4 is 5.32 Å². The van der Waals surface area contributed by atoms with Crippen molar-refractivity contribution in [3.63, 3.8) is 0 Å². The number of rotatable bonds is 5. The van der Waals surface area contributed by atoms with Crippen LogP contribution in [0.1, 0.15) is 40.5 Å². The van der Waals surface area contributed by atoms with E-state index >= 15 is 0 Å². The first-order valence-electron chi connectivity index (χ1n) is 4.60. The largest absolute Gasteiger partial charge is 0.386 e. The lowest BCUT2D eigenvalue weighted by Crippen LogP contribution is -2.22. The van der Waals surface area contributed by atoms with Crippen LogP contribution in [0.4, 0.5) is 0 Å². The molecule has 0 unspecified atom stereocenters. The Morgan fingerprint density at radius 2 is 1.92 bits per heavy atom. The van der Waals surface area contributed by atoms with Gasteiger partial charge in [-0.1, -0.05) is 13.8 Å². The van der Waals surface area contributed by atoms with Gasteiger partial charge in [-0.2, -0.15) is 0 Å². The van der Waals surface area contributed by atoms with Crippen molar-refractivity contribution in [3.05, 3.63) is 11.8 Å². The van der Waals surface area contributed by atoms with E-state index in [1.165, 1.54) is 0 Å². The number of carbonyl (C=O) groups excluding carboxylic acids is 1. The first-order valence-corrected chi connectivity index (χ1v) is 4.60. The molecule has 0 rings (SSSR count). The third kappa shape index (κ3) is 4.94. The highest BCUT2D eigenvalue weighted by atomic mass is 16.1. The van der Waals surface area contributed by atoms with Crippen LogP contribution in [0, 0.1) is 0 Å². The zero-order valence-corrected chi connectivity index (χ0v) is 8.48. The molecule has 70 valence electrons. The molecule has 0 fully saturated rings. The van der Waals surface area contributed by atoms with Crippen LogP contribution in [-0.4, -0.2) is 11.8 Å². The first-order chi connectivity index (χ1) is 5.60. The highest BCUT2D eigenvalue weighted by Gasteiger charge is 1.99. The second-order valence-electron chi connectivity index (χ2n) is 3.14. The summed E-state index contributed by atoms with van der Waals surface area (Å²) < 4.78 is 0. The average molecular weight is 169 g/mol. The number of nitrogens with one attached hydrogen (secondary N) is 1. The van der Waals surface area contributed by atoms with Crippen molar-refractivity contribution in [1.29, 1.82) is 0 Å². The highest BCUT2D eigenvalue weighted by molar-refractivity contribution is 5.89. The van der Waals surface area contributed by atoms with Crippen molar-refractivity contribution >= 4 is 5.78 Å². The van der Waals surface area contributed by atoms with E-state index in [1.54, 1.807) is 6.08 Å². The number of ketones is 1. The molecule has 0 aliphatic carbocycles. The fraction of sp³-hybridized carbons (Fsp3) is 0.700. The summed E-state index contributed by atoms with van der Waals surface area (Å²) in [5.41, 5.74) is 1.04. The standard InChI is InChI=1S/C10H19NO/c1-5-9(11-8(3)4)7-10(12)6-2/h7-8,11H,5-6H2,1-4H3/b9-7-. The minimum absolute atomic E-state index is 0.194. The third-order valence-corrected chi connectivity index (χ3v) is 1.54. The van der Waals surface area contributed by atoms with E-state index in [0.717, 1.165) is 12.1 Å². The van der Waals surface area contributed by atoms with E-state index in [-0.39, 0.29) is 5.78 Å². The van der Waals surface area contributed by atoms with Crippen molar-refractivity contribution in [2.45, 2.75) is 46.6 Å². The zero-order chi connectivity index (χ0) is 9.56. The van der Waals surface area contributed by atoms with Crippen molar-refractivity contribution in [3.8, 4) is 0 Å². The van der Waals surface area contributed by atoms with Gasteiger partial charge in [0, 0.05) is 18.2 Å². The Bertz CT molecular complexity index is 171. The molecular weight excluding hydrogens is 150 g/mol. The van der Waals surface area contributed by atoms with Gasteiger partial charge in [0.05, 0.1) is 0 Å². The predicted octanol–water partition coefficient (Wildman–Crippen LogP) is 2.26. The summed E-state index contributed by atoms with van der Waals surface area (Å²) in [4.78, 5) is 11.0. The van der Waals surface area contributed by atoms with Gasteiger partial charge in [0.2, 0.25) is 0 Å². The summed E-state index contributed by atoms with van der Waals surface area (Å²) in [6.45, 7) is 8.06. The fourth-order valence-corrected chi connectivity index (χ4v) is 0.913. The van der Waals surface area contributed by atoms with Crippen LogP contribution in [0.3, 0.4) is 0 Å². The Hall–Kier alpha value is -0.790. The Kier molecular flexibility index (Phi) is 5.43. The fourth-order valence-electron chi connectivity index (χ4n) is 0.913. The summed E-state index contributed by atoms with van der Waals surface area (Å²) >= 11 is 0. The van der Waals surface area contributed by atoms with Crippen LogP contribution in [0.25, 0.3) is 0 Å². The third-order valence-electron chi connectivity index (χ3n) is 1.54. The van der Waals surface area contributed by atoms with E-state index in [0.29, 0.717) is 12.5 Å². The molecule has 0 aromatic rings. The van der Waals surface area contributed by atoms with Crippen LogP contribution in [0.15, 0.2) is 11.8 Å². The van der Waals surface area contributed by atoms with Crippen LogP contribution in [-0.2, 0) is 4.79 Å². The van der Waals surface area contributed by atoms with Gasteiger partial charge in [-0.15, -0.1) is 0 Å². The molecule has 1 N–H and O–H groups in total. The SMILES string of the molecule is CCC(=O)/C=C(/CC)NC(C)C.